The molecule has 0 spiro atoms. The highest BCUT2D eigenvalue weighted by molar-refractivity contribution is 6.33. The van der Waals surface area contributed by atoms with E-state index < -0.39 is 0 Å². The van der Waals surface area contributed by atoms with Crippen molar-refractivity contribution in [3.8, 4) is 0 Å². The van der Waals surface area contributed by atoms with Gasteiger partial charge < -0.3 is 20.4 Å². The van der Waals surface area contributed by atoms with E-state index in [-0.39, 0.29) is 17.9 Å². The van der Waals surface area contributed by atoms with Crippen molar-refractivity contribution < 1.29 is 14.5 Å². The van der Waals surface area contributed by atoms with E-state index in [0.717, 1.165) is 49.7 Å². The van der Waals surface area contributed by atoms with Crippen LogP contribution in [0.15, 0.2) is 48.5 Å². The number of rotatable bonds is 6. The number of amides is 2. The van der Waals surface area contributed by atoms with Crippen LogP contribution in [0, 0.1) is 0 Å². The summed E-state index contributed by atoms with van der Waals surface area (Å²) in [4.78, 5) is 28.5. The van der Waals surface area contributed by atoms with Gasteiger partial charge in [0.15, 0.2) is 6.54 Å². The van der Waals surface area contributed by atoms with Crippen LogP contribution in [-0.2, 0) is 4.79 Å². The second-order valence-electron chi connectivity index (χ2n) is 7.71. The molecule has 29 heavy (non-hydrogen) atoms. The van der Waals surface area contributed by atoms with E-state index in [1.807, 2.05) is 36.4 Å². The molecule has 6 nitrogen and oxygen atoms in total. The SMILES string of the molecule is O=C(C[NH+]1CCN(c2ccccc2Cl)CC1)Nc1ccccc1C(=O)NC1CC1. The largest absolute Gasteiger partial charge is 0.359 e. The lowest BCUT2D eigenvalue weighted by Crippen LogP contribution is -3.15. The highest BCUT2D eigenvalue weighted by Crippen LogP contribution is 2.25. The molecular formula is C22H26ClN4O2+. The normalized spacial score (nSPS) is 17.1. The van der Waals surface area contributed by atoms with Gasteiger partial charge in [0.1, 0.15) is 0 Å². The Labute approximate surface area is 175 Å². The van der Waals surface area contributed by atoms with Crippen molar-refractivity contribution in [3.63, 3.8) is 0 Å². The summed E-state index contributed by atoms with van der Waals surface area (Å²) >= 11 is 6.30. The van der Waals surface area contributed by atoms with E-state index in [0.29, 0.717) is 17.8 Å². The molecule has 1 aliphatic carbocycles. The number of para-hydroxylation sites is 2. The molecule has 3 N–H and O–H groups in total. The maximum atomic E-state index is 12.6. The summed E-state index contributed by atoms with van der Waals surface area (Å²) in [5.41, 5.74) is 2.14. The van der Waals surface area contributed by atoms with Crippen LogP contribution in [0.5, 0.6) is 0 Å². The highest BCUT2D eigenvalue weighted by atomic mass is 35.5. The smallest absolute Gasteiger partial charge is 0.279 e. The fourth-order valence-electron chi connectivity index (χ4n) is 3.65. The minimum Gasteiger partial charge on any atom is -0.359 e. The molecule has 0 atom stereocenters. The quantitative estimate of drug-likeness (QED) is 0.673. The molecule has 0 unspecified atom stereocenters. The molecule has 1 heterocycles. The lowest BCUT2D eigenvalue weighted by molar-refractivity contribution is -0.892. The Balaban J connectivity index is 1.31. The van der Waals surface area contributed by atoms with E-state index in [9.17, 15) is 9.59 Å². The molecule has 152 valence electrons. The van der Waals surface area contributed by atoms with E-state index in [1.165, 1.54) is 4.90 Å². The van der Waals surface area contributed by atoms with Gasteiger partial charge in [-0.15, -0.1) is 0 Å². The monoisotopic (exact) mass is 413 g/mol. The van der Waals surface area contributed by atoms with Crippen LogP contribution in [0.2, 0.25) is 5.02 Å². The summed E-state index contributed by atoms with van der Waals surface area (Å²) in [6.07, 6.45) is 2.06. The number of nitrogens with one attached hydrogen (secondary N) is 3. The number of piperazine rings is 1. The number of carbonyl (C=O) groups excluding carboxylic acids is 2. The Morgan fingerprint density at radius 1 is 1.03 bits per heavy atom. The van der Waals surface area contributed by atoms with E-state index in [2.05, 4.69) is 15.5 Å². The standard InChI is InChI=1S/C22H25ClN4O2/c23-18-6-2-4-8-20(18)27-13-11-26(12-14-27)15-21(28)25-19-7-3-1-5-17(19)22(29)24-16-9-10-16/h1-8,16H,9-15H2,(H,24,29)(H,25,28)/p+1. The molecule has 2 amide bonds. The summed E-state index contributed by atoms with van der Waals surface area (Å²) in [6, 6.07) is 15.3. The molecule has 2 fully saturated rings. The molecule has 0 bridgehead atoms. The van der Waals surface area contributed by atoms with Crippen LogP contribution >= 0.6 is 11.6 Å². The first kappa shape index (κ1) is 19.7. The molecule has 1 saturated heterocycles. The maximum absolute atomic E-state index is 12.6. The fraction of sp³-hybridized carbons (Fsp3) is 0.364. The third kappa shape index (κ3) is 5.08. The fourth-order valence-corrected chi connectivity index (χ4v) is 3.91. The van der Waals surface area contributed by atoms with E-state index in [4.69, 9.17) is 11.6 Å². The number of nitrogens with zero attached hydrogens (tertiary/aromatic N) is 1. The average molecular weight is 414 g/mol. The summed E-state index contributed by atoms with van der Waals surface area (Å²) < 4.78 is 0. The van der Waals surface area contributed by atoms with Gasteiger partial charge in [-0.3, -0.25) is 9.59 Å². The van der Waals surface area contributed by atoms with Crippen LogP contribution in [0.25, 0.3) is 0 Å². The van der Waals surface area contributed by atoms with E-state index >= 15 is 0 Å². The number of halogens is 1. The zero-order valence-corrected chi connectivity index (χ0v) is 17.0. The minimum atomic E-state index is -0.121. The number of carbonyl (C=O) groups is 2. The molecule has 2 aromatic rings. The van der Waals surface area contributed by atoms with Gasteiger partial charge in [-0.05, 0) is 37.1 Å². The molecule has 0 aromatic heterocycles. The predicted molar refractivity (Wildman–Crippen MR) is 115 cm³/mol. The number of hydrogen-bond acceptors (Lipinski definition) is 3. The zero-order chi connectivity index (χ0) is 20.2. The number of hydrogen-bond donors (Lipinski definition) is 3. The van der Waals surface area contributed by atoms with Gasteiger partial charge in [0.05, 0.1) is 48.1 Å². The molecule has 1 aliphatic heterocycles. The first-order valence-electron chi connectivity index (χ1n) is 10.1. The molecule has 2 aliphatic rings. The maximum Gasteiger partial charge on any atom is 0.279 e. The Hall–Kier alpha value is -2.57. The summed E-state index contributed by atoms with van der Waals surface area (Å²) in [5, 5.41) is 6.67. The summed E-state index contributed by atoms with van der Waals surface area (Å²) in [7, 11) is 0. The van der Waals surface area contributed by atoms with Gasteiger partial charge in [-0.25, -0.2) is 0 Å². The van der Waals surface area contributed by atoms with Crippen LogP contribution in [-0.4, -0.2) is 50.6 Å². The van der Waals surface area contributed by atoms with Gasteiger partial charge in [0, 0.05) is 6.04 Å². The Bertz CT molecular complexity index is 892. The van der Waals surface area contributed by atoms with Crippen molar-refractivity contribution in [1.82, 2.24) is 5.32 Å². The van der Waals surface area contributed by atoms with Crippen molar-refractivity contribution in [2.75, 3.05) is 42.9 Å². The summed E-state index contributed by atoms with van der Waals surface area (Å²) in [5.74, 6) is -0.193. The lowest BCUT2D eigenvalue weighted by Gasteiger charge is -2.33. The van der Waals surface area contributed by atoms with E-state index in [1.54, 1.807) is 12.1 Å². The minimum absolute atomic E-state index is 0.0714. The molecule has 0 radical (unpaired) electrons. The van der Waals surface area contributed by atoms with Gasteiger partial charge in [0.2, 0.25) is 0 Å². The third-order valence-corrected chi connectivity index (χ3v) is 5.75. The third-order valence-electron chi connectivity index (χ3n) is 5.43. The van der Waals surface area contributed by atoms with Crippen LogP contribution in [0.1, 0.15) is 23.2 Å². The van der Waals surface area contributed by atoms with Crippen LogP contribution in [0.4, 0.5) is 11.4 Å². The lowest BCUT2D eigenvalue weighted by atomic mass is 10.1. The van der Waals surface area contributed by atoms with Gasteiger partial charge in [-0.1, -0.05) is 35.9 Å². The predicted octanol–water partition coefficient (Wildman–Crippen LogP) is 1.58. The molecule has 7 heteroatoms. The van der Waals surface area contributed by atoms with Gasteiger partial charge in [0.25, 0.3) is 11.8 Å². The molecule has 2 aromatic carbocycles. The zero-order valence-electron chi connectivity index (χ0n) is 16.3. The van der Waals surface area contributed by atoms with Crippen molar-refractivity contribution >= 4 is 34.8 Å². The van der Waals surface area contributed by atoms with Crippen molar-refractivity contribution in [3.05, 3.63) is 59.1 Å². The average Bonchev–Trinajstić information content (AvgIpc) is 3.53. The number of anilines is 2. The number of benzene rings is 2. The van der Waals surface area contributed by atoms with Crippen molar-refractivity contribution in [2.45, 2.75) is 18.9 Å². The number of quaternary nitrogens is 1. The Morgan fingerprint density at radius 3 is 2.45 bits per heavy atom. The second-order valence-corrected chi connectivity index (χ2v) is 8.11. The Morgan fingerprint density at radius 2 is 1.72 bits per heavy atom. The molecule has 1 saturated carbocycles. The molecular weight excluding hydrogens is 388 g/mol. The van der Waals surface area contributed by atoms with Crippen LogP contribution < -0.4 is 20.4 Å². The van der Waals surface area contributed by atoms with Crippen molar-refractivity contribution in [2.24, 2.45) is 0 Å². The highest BCUT2D eigenvalue weighted by Gasteiger charge is 2.26. The summed E-state index contributed by atoms with van der Waals surface area (Å²) in [6.45, 7) is 3.82. The van der Waals surface area contributed by atoms with Gasteiger partial charge in [-0.2, -0.15) is 0 Å². The molecule has 4 rings (SSSR count). The topological polar surface area (TPSA) is 65.9 Å². The second kappa shape index (κ2) is 8.84. The first-order valence-corrected chi connectivity index (χ1v) is 10.5. The van der Waals surface area contributed by atoms with Crippen molar-refractivity contribution in [1.29, 1.82) is 0 Å². The first-order chi connectivity index (χ1) is 14.1. The Kier molecular flexibility index (Phi) is 6.02. The van der Waals surface area contributed by atoms with Crippen LogP contribution in [0.3, 0.4) is 0 Å². The van der Waals surface area contributed by atoms with Gasteiger partial charge >= 0.3 is 0 Å².